The molecular formula is C12H20N2O3. The molecule has 0 spiro atoms. The first-order chi connectivity index (χ1) is 8.09. The molecule has 1 aliphatic carbocycles. The second kappa shape index (κ2) is 5.04. The molecule has 3 N–H and O–H groups in total. The van der Waals surface area contributed by atoms with E-state index >= 15 is 0 Å². The number of carboxylic acids is 1. The molecule has 1 atom stereocenters. The SMILES string of the molecule is NC1CCC(C(=O)N2CCCC2C(=O)O)CC1. The van der Waals surface area contributed by atoms with E-state index in [1.54, 1.807) is 4.90 Å². The highest BCUT2D eigenvalue weighted by atomic mass is 16.4. The zero-order chi connectivity index (χ0) is 12.4. The van der Waals surface area contributed by atoms with Crippen LogP contribution in [0.1, 0.15) is 38.5 Å². The highest BCUT2D eigenvalue weighted by molar-refractivity contribution is 5.85. The largest absolute Gasteiger partial charge is 0.480 e. The summed E-state index contributed by atoms with van der Waals surface area (Å²) in [6, 6.07) is -0.383. The fourth-order valence-electron chi connectivity index (χ4n) is 2.89. The van der Waals surface area contributed by atoms with Crippen molar-refractivity contribution >= 4 is 11.9 Å². The van der Waals surface area contributed by atoms with Crippen molar-refractivity contribution in [2.75, 3.05) is 6.54 Å². The van der Waals surface area contributed by atoms with Gasteiger partial charge in [-0.15, -0.1) is 0 Å². The fraction of sp³-hybridized carbons (Fsp3) is 0.833. The molecule has 2 aliphatic rings. The molecule has 1 heterocycles. The van der Waals surface area contributed by atoms with Crippen LogP contribution < -0.4 is 5.73 Å². The Kier molecular flexibility index (Phi) is 3.66. The zero-order valence-corrected chi connectivity index (χ0v) is 9.97. The number of aliphatic carboxylic acids is 1. The molecule has 17 heavy (non-hydrogen) atoms. The summed E-state index contributed by atoms with van der Waals surface area (Å²) in [6.07, 6.45) is 4.76. The van der Waals surface area contributed by atoms with Gasteiger partial charge in [0.05, 0.1) is 0 Å². The summed E-state index contributed by atoms with van der Waals surface area (Å²) < 4.78 is 0. The third-order valence-electron chi connectivity index (χ3n) is 3.94. The number of carbonyl (C=O) groups is 2. The van der Waals surface area contributed by atoms with Gasteiger partial charge in [0.15, 0.2) is 0 Å². The van der Waals surface area contributed by atoms with E-state index in [9.17, 15) is 9.59 Å². The maximum Gasteiger partial charge on any atom is 0.326 e. The third-order valence-corrected chi connectivity index (χ3v) is 3.94. The van der Waals surface area contributed by atoms with Gasteiger partial charge in [0.25, 0.3) is 0 Å². The van der Waals surface area contributed by atoms with Crippen molar-refractivity contribution in [3.63, 3.8) is 0 Å². The Labute approximate surface area is 101 Å². The van der Waals surface area contributed by atoms with Crippen LogP contribution >= 0.6 is 0 Å². The lowest BCUT2D eigenvalue weighted by atomic mass is 9.85. The van der Waals surface area contributed by atoms with Crippen molar-refractivity contribution in [1.29, 1.82) is 0 Å². The predicted molar refractivity (Wildman–Crippen MR) is 62.3 cm³/mol. The van der Waals surface area contributed by atoms with Gasteiger partial charge in [-0.2, -0.15) is 0 Å². The van der Waals surface area contributed by atoms with Crippen molar-refractivity contribution in [3.8, 4) is 0 Å². The molecule has 96 valence electrons. The first-order valence-corrected chi connectivity index (χ1v) is 6.38. The highest BCUT2D eigenvalue weighted by Gasteiger charge is 2.37. The number of rotatable bonds is 2. The summed E-state index contributed by atoms with van der Waals surface area (Å²) in [5.41, 5.74) is 5.81. The van der Waals surface area contributed by atoms with Crippen LogP contribution in [0.5, 0.6) is 0 Å². The molecule has 2 rings (SSSR count). The van der Waals surface area contributed by atoms with E-state index in [-0.39, 0.29) is 17.9 Å². The van der Waals surface area contributed by atoms with Crippen LogP contribution in [0.15, 0.2) is 0 Å². The molecule has 1 amide bonds. The summed E-state index contributed by atoms with van der Waals surface area (Å²) in [7, 11) is 0. The zero-order valence-electron chi connectivity index (χ0n) is 9.97. The molecule has 0 radical (unpaired) electrons. The Hall–Kier alpha value is -1.10. The first kappa shape index (κ1) is 12.4. The predicted octanol–water partition coefficient (Wildman–Crippen LogP) is 0.579. The molecule has 0 aromatic carbocycles. The molecule has 0 aromatic rings. The van der Waals surface area contributed by atoms with E-state index < -0.39 is 12.0 Å². The Balaban J connectivity index is 1.97. The molecule has 5 heteroatoms. The van der Waals surface area contributed by atoms with Gasteiger partial charge in [-0.1, -0.05) is 0 Å². The number of carbonyl (C=O) groups excluding carboxylic acids is 1. The van der Waals surface area contributed by atoms with Crippen LogP contribution in [0, 0.1) is 5.92 Å². The minimum absolute atomic E-state index is 0.00486. The summed E-state index contributed by atoms with van der Waals surface area (Å²) in [4.78, 5) is 24.8. The number of hydrogen-bond donors (Lipinski definition) is 2. The molecule has 5 nitrogen and oxygen atoms in total. The van der Waals surface area contributed by atoms with Gasteiger partial charge < -0.3 is 15.7 Å². The van der Waals surface area contributed by atoms with Gasteiger partial charge in [0.2, 0.25) is 5.91 Å². The second-order valence-electron chi connectivity index (χ2n) is 5.14. The molecular weight excluding hydrogens is 220 g/mol. The van der Waals surface area contributed by atoms with Gasteiger partial charge in [0, 0.05) is 18.5 Å². The van der Waals surface area contributed by atoms with E-state index in [1.165, 1.54) is 0 Å². The normalized spacial score (nSPS) is 33.7. The van der Waals surface area contributed by atoms with Crippen molar-refractivity contribution in [1.82, 2.24) is 4.90 Å². The maximum absolute atomic E-state index is 12.2. The Morgan fingerprint density at radius 2 is 1.76 bits per heavy atom. The second-order valence-corrected chi connectivity index (χ2v) is 5.14. The minimum atomic E-state index is -0.872. The van der Waals surface area contributed by atoms with E-state index in [0.29, 0.717) is 13.0 Å². The Bertz CT molecular complexity index is 311. The minimum Gasteiger partial charge on any atom is -0.480 e. The van der Waals surface area contributed by atoms with Gasteiger partial charge in [-0.3, -0.25) is 4.79 Å². The topological polar surface area (TPSA) is 83.6 Å². The fourth-order valence-corrected chi connectivity index (χ4v) is 2.89. The maximum atomic E-state index is 12.2. The average Bonchev–Trinajstić information content (AvgIpc) is 2.78. The van der Waals surface area contributed by atoms with Crippen molar-refractivity contribution in [2.45, 2.75) is 50.6 Å². The molecule has 0 aromatic heterocycles. The van der Waals surface area contributed by atoms with E-state index in [0.717, 1.165) is 32.1 Å². The number of likely N-dealkylation sites (tertiary alicyclic amines) is 1. The lowest BCUT2D eigenvalue weighted by Crippen LogP contribution is -2.45. The monoisotopic (exact) mass is 240 g/mol. The quantitative estimate of drug-likeness (QED) is 0.739. The van der Waals surface area contributed by atoms with Crippen LogP contribution in [-0.4, -0.2) is 40.5 Å². The van der Waals surface area contributed by atoms with Crippen molar-refractivity contribution in [3.05, 3.63) is 0 Å². The van der Waals surface area contributed by atoms with Crippen molar-refractivity contribution < 1.29 is 14.7 Å². The lowest BCUT2D eigenvalue weighted by molar-refractivity contribution is -0.150. The standard InChI is InChI=1S/C12H20N2O3/c13-9-5-3-8(4-6-9)11(15)14-7-1-2-10(14)12(16)17/h8-10H,1-7,13H2,(H,16,17). The van der Waals surface area contributed by atoms with E-state index in [4.69, 9.17) is 10.8 Å². The average molecular weight is 240 g/mol. The molecule has 1 saturated carbocycles. The molecule has 1 saturated heterocycles. The van der Waals surface area contributed by atoms with Crippen LogP contribution in [0.3, 0.4) is 0 Å². The summed E-state index contributed by atoms with van der Waals surface area (Å²) >= 11 is 0. The molecule has 2 fully saturated rings. The van der Waals surface area contributed by atoms with Crippen LogP contribution in [0.25, 0.3) is 0 Å². The Morgan fingerprint density at radius 3 is 2.35 bits per heavy atom. The molecule has 1 unspecified atom stereocenters. The summed E-state index contributed by atoms with van der Waals surface area (Å²) in [5, 5.41) is 9.06. The van der Waals surface area contributed by atoms with E-state index in [1.807, 2.05) is 0 Å². The third kappa shape index (κ3) is 2.60. The van der Waals surface area contributed by atoms with Gasteiger partial charge >= 0.3 is 5.97 Å². The smallest absolute Gasteiger partial charge is 0.326 e. The number of amides is 1. The first-order valence-electron chi connectivity index (χ1n) is 6.38. The van der Waals surface area contributed by atoms with Crippen molar-refractivity contribution in [2.24, 2.45) is 11.7 Å². The van der Waals surface area contributed by atoms with Crippen LogP contribution in [-0.2, 0) is 9.59 Å². The van der Waals surface area contributed by atoms with Gasteiger partial charge in [-0.05, 0) is 38.5 Å². The van der Waals surface area contributed by atoms with Gasteiger partial charge in [0.1, 0.15) is 6.04 Å². The van der Waals surface area contributed by atoms with E-state index in [2.05, 4.69) is 0 Å². The lowest BCUT2D eigenvalue weighted by Gasteiger charge is -2.30. The molecule has 0 bridgehead atoms. The number of nitrogens with two attached hydrogens (primary N) is 1. The number of carboxylic acid groups (broad SMARTS) is 1. The highest BCUT2D eigenvalue weighted by Crippen LogP contribution is 2.28. The Morgan fingerprint density at radius 1 is 1.12 bits per heavy atom. The number of nitrogens with zero attached hydrogens (tertiary/aromatic N) is 1. The summed E-state index contributed by atoms with van der Waals surface area (Å²) in [6.45, 7) is 0.596. The van der Waals surface area contributed by atoms with Crippen LogP contribution in [0.4, 0.5) is 0 Å². The summed E-state index contributed by atoms with van der Waals surface area (Å²) in [5.74, 6) is -0.847. The number of hydrogen-bond acceptors (Lipinski definition) is 3. The molecule has 1 aliphatic heterocycles. The van der Waals surface area contributed by atoms with Gasteiger partial charge in [-0.25, -0.2) is 4.79 Å². The van der Waals surface area contributed by atoms with Crippen LogP contribution in [0.2, 0.25) is 0 Å².